The number of hydrogen-bond acceptors (Lipinski definition) is 1. The Bertz CT molecular complexity index is 425. The van der Waals surface area contributed by atoms with Gasteiger partial charge in [-0.05, 0) is 11.4 Å². The molecular formula is C9H8NP. The van der Waals surface area contributed by atoms with Gasteiger partial charge in [0, 0.05) is 11.6 Å². The van der Waals surface area contributed by atoms with E-state index in [1.165, 1.54) is 0 Å². The van der Waals surface area contributed by atoms with E-state index in [1.807, 2.05) is 24.3 Å². The molecule has 0 saturated carbocycles. The minimum atomic E-state index is -1.56. The van der Waals surface area contributed by atoms with Crippen LogP contribution in [-0.2, 0) is 0 Å². The molecule has 2 heteroatoms. The summed E-state index contributed by atoms with van der Waals surface area (Å²) in [7, 11) is -1.56. The van der Waals surface area contributed by atoms with E-state index in [0.29, 0.717) is 0 Å². The summed E-state index contributed by atoms with van der Waals surface area (Å²) in [5.74, 6) is 0. The number of rotatable bonds is 1. The van der Waals surface area contributed by atoms with Gasteiger partial charge in [-0.1, -0.05) is 24.3 Å². The quantitative estimate of drug-likeness (QED) is 0.586. The third-order valence-electron chi connectivity index (χ3n) is 1.61. The molecule has 54 valence electrons. The van der Waals surface area contributed by atoms with Crippen LogP contribution in [0.5, 0.6) is 0 Å². The summed E-state index contributed by atoms with van der Waals surface area (Å²) in [6.07, 6.45) is 1.70. The average Bonchev–Trinajstić information content (AvgIpc) is 2.17. The van der Waals surface area contributed by atoms with E-state index in [1.54, 1.807) is 12.3 Å². The molecule has 1 aromatic heterocycles. The van der Waals surface area contributed by atoms with Crippen molar-refractivity contribution in [2.75, 3.05) is 0 Å². The van der Waals surface area contributed by atoms with Gasteiger partial charge in [0.2, 0.25) is 0 Å². The minimum Gasteiger partial charge on any atom is -0.256 e. The molecule has 0 aliphatic heterocycles. The van der Waals surface area contributed by atoms with Crippen molar-refractivity contribution < 1.29 is 0 Å². The normalized spacial score (nSPS) is 13.2. The second kappa shape index (κ2) is 2.60. The maximum absolute atomic E-state index is 7.39. The van der Waals surface area contributed by atoms with Gasteiger partial charge in [-0.3, -0.25) is 4.98 Å². The largest absolute Gasteiger partial charge is 0.256 e. The van der Waals surface area contributed by atoms with Crippen molar-refractivity contribution in [2.24, 2.45) is 0 Å². The highest BCUT2D eigenvalue weighted by molar-refractivity contribution is 7.28. The Kier molecular flexibility index (Phi) is 1.14. The molecule has 0 atom stereocenters. The molecule has 0 amide bonds. The number of benzene rings is 1. The van der Waals surface area contributed by atoms with Crippen molar-refractivity contribution in [3.05, 3.63) is 36.5 Å². The van der Waals surface area contributed by atoms with E-state index in [0.717, 1.165) is 16.2 Å². The minimum absolute atomic E-state index is 0.730. The van der Waals surface area contributed by atoms with Crippen LogP contribution < -0.4 is 5.30 Å². The van der Waals surface area contributed by atoms with Gasteiger partial charge in [0.1, 0.15) is 0 Å². The fourth-order valence-corrected chi connectivity index (χ4v) is 1.36. The van der Waals surface area contributed by atoms with E-state index in [4.69, 9.17) is 2.56 Å². The van der Waals surface area contributed by atoms with Crippen LogP contribution in [0.3, 0.4) is 0 Å². The molecular weight excluding hydrogens is 153 g/mol. The molecule has 0 N–H and O–H groups in total. The molecule has 1 aromatic carbocycles. The lowest BCUT2D eigenvalue weighted by atomic mass is 10.2. The second-order valence-electron chi connectivity index (χ2n) is 2.35. The van der Waals surface area contributed by atoms with E-state index in [-0.39, 0.29) is 0 Å². The van der Waals surface area contributed by atoms with Crippen molar-refractivity contribution >= 4 is 25.3 Å². The van der Waals surface area contributed by atoms with Crippen LogP contribution in [0.2, 0.25) is 0 Å². The average molecular weight is 165 g/mol. The van der Waals surface area contributed by atoms with Crippen molar-refractivity contribution in [3.8, 4) is 0 Å². The third-order valence-corrected chi connectivity index (χ3v) is 1.97. The number of nitrogens with zero attached hydrogens (tertiary/aromatic N) is 1. The summed E-state index contributed by atoms with van der Waals surface area (Å²) in [4.78, 5) is 4.18. The molecule has 0 spiro atoms. The molecule has 0 aliphatic carbocycles. The standard InChI is InChI=1S/C9H8NP/c11-8-5-1-3-7-4-2-6-10-9(7)8/h1-6H,11H2/i11T2. The molecule has 1 heterocycles. The van der Waals surface area contributed by atoms with E-state index < -0.39 is 9.13 Å². The van der Waals surface area contributed by atoms with Gasteiger partial charge < -0.3 is 0 Å². The monoisotopic (exact) mass is 165 g/mol. The Labute approximate surface area is 70.2 Å². The zero-order valence-electron chi connectivity index (χ0n) is 7.86. The molecule has 2 rings (SSSR count). The maximum atomic E-state index is 7.39. The molecule has 0 fully saturated rings. The van der Waals surface area contributed by atoms with Gasteiger partial charge >= 0.3 is 0 Å². The lowest BCUT2D eigenvalue weighted by molar-refractivity contribution is 1.42. The highest BCUT2D eigenvalue weighted by Gasteiger charge is 1.93. The molecule has 0 bridgehead atoms. The summed E-state index contributed by atoms with van der Waals surface area (Å²) in [5.41, 5.74) is 0.793. The molecule has 0 saturated heterocycles. The number of aromatic nitrogens is 1. The van der Waals surface area contributed by atoms with Crippen molar-refractivity contribution in [3.63, 3.8) is 0 Å². The fourth-order valence-electron chi connectivity index (χ4n) is 1.09. The Morgan fingerprint density at radius 2 is 2.18 bits per heavy atom. The van der Waals surface area contributed by atoms with E-state index in [9.17, 15) is 0 Å². The highest BCUT2D eigenvalue weighted by Crippen LogP contribution is 2.09. The molecule has 0 radical (unpaired) electrons. The van der Waals surface area contributed by atoms with Crippen LogP contribution in [0.1, 0.15) is 0 Å². The second-order valence-corrected chi connectivity index (χ2v) is 2.83. The van der Waals surface area contributed by atoms with Gasteiger partial charge in [-0.2, -0.15) is 0 Å². The predicted octanol–water partition coefficient (Wildman–Crippen LogP) is 1.74. The van der Waals surface area contributed by atoms with Crippen molar-refractivity contribution in [1.82, 2.24) is 4.98 Å². The van der Waals surface area contributed by atoms with Crippen molar-refractivity contribution in [2.45, 2.75) is 0 Å². The first-order valence-corrected chi connectivity index (χ1v) is 3.85. The third kappa shape index (κ3) is 1.12. The zero-order chi connectivity index (χ0) is 9.26. The van der Waals surface area contributed by atoms with Gasteiger partial charge in [0.05, 0.1) is 8.07 Å². The summed E-state index contributed by atoms with van der Waals surface area (Å²) in [5, 5.41) is 1.74. The lowest BCUT2D eigenvalue weighted by Crippen LogP contribution is -1.93. The summed E-state index contributed by atoms with van der Waals surface area (Å²) >= 11 is 0. The molecule has 1 nitrogen and oxygen atoms in total. The van der Waals surface area contributed by atoms with Crippen LogP contribution >= 0.6 is 9.13 Å². The van der Waals surface area contributed by atoms with Gasteiger partial charge in [-0.15, -0.1) is 9.13 Å². The van der Waals surface area contributed by atoms with E-state index >= 15 is 0 Å². The summed E-state index contributed by atoms with van der Waals surface area (Å²) in [6, 6.07) is 9.44. The van der Waals surface area contributed by atoms with Crippen LogP contribution in [0.4, 0.5) is 0 Å². The Hall–Kier alpha value is -0.940. The predicted molar refractivity (Wildman–Crippen MR) is 51.1 cm³/mol. The van der Waals surface area contributed by atoms with Crippen LogP contribution in [0.25, 0.3) is 10.9 Å². The number of para-hydroxylation sites is 1. The van der Waals surface area contributed by atoms with Crippen LogP contribution in [0.15, 0.2) is 36.5 Å². The zero-order valence-corrected chi connectivity index (χ0v) is 6.75. The van der Waals surface area contributed by atoms with Crippen LogP contribution in [-0.4, -0.2) is 7.54 Å². The Balaban J connectivity index is 2.76. The molecule has 0 unspecified atom stereocenters. The first-order chi connectivity index (χ1) is 6.29. The maximum Gasteiger partial charge on any atom is 0.0773 e. The number of fused-ring (bicyclic) bond motifs is 1. The number of pyridine rings is 1. The highest BCUT2D eigenvalue weighted by atomic mass is 31.0. The van der Waals surface area contributed by atoms with E-state index in [2.05, 4.69) is 4.98 Å². The Morgan fingerprint density at radius 1 is 1.27 bits per heavy atom. The number of hydrogen-bond donors (Lipinski definition) is 0. The first kappa shape index (κ1) is 4.84. The van der Waals surface area contributed by atoms with Gasteiger partial charge in [-0.25, -0.2) is 0 Å². The molecule has 11 heavy (non-hydrogen) atoms. The van der Waals surface area contributed by atoms with Gasteiger partial charge in [0.15, 0.2) is 0 Å². The lowest BCUT2D eigenvalue weighted by Gasteiger charge is -1.97. The fraction of sp³-hybridized carbons (Fsp3) is 0. The summed E-state index contributed by atoms with van der Waals surface area (Å²) < 4.78 is 14.8. The SMILES string of the molecule is [3H]P([3H])c1cccc2cccnc12. The van der Waals surface area contributed by atoms with Crippen LogP contribution in [0, 0.1) is 0 Å². The Morgan fingerprint density at radius 3 is 3.09 bits per heavy atom. The smallest absolute Gasteiger partial charge is 0.0773 e. The summed E-state index contributed by atoms with van der Waals surface area (Å²) in [6.45, 7) is 0. The van der Waals surface area contributed by atoms with Crippen molar-refractivity contribution in [1.29, 1.82) is 2.56 Å². The molecule has 0 aliphatic rings. The van der Waals surface area contributed by atoms with Gasteiger partial charge in [0.25, 0.3) is 0 Å². The topological polar surface area (TPSA) is 12.9 Å². The first-order valence-electron chi connectivity index (χ1n) is 4.30. The molecule has 2 aromatic rings.